The molecule has 0 aliphatic carbocycles. The summed E-state index contributed by atoms with van der Waals surface area (Å²) in [6, 6.07) is 8.41. The van der Waals surface area contributed by atoms with E-state index in [1.54, 1.807) is 11.5 Å². The molecule has 1 aromatic carbocycles. The first-order valence-electron chi connectivity index (χ1n) is 6.76. The molecular weight excluding hydrogens is 278 g/mol. The second-order valence-electron chi connectivity index (χ2n) is 4.88. The molecule has 1 aromatic heterocycles. The summed E-state index contributed by atoms with van der Waals surface area (Å²) in [4.78, 5) is 4.93. The van der Waals surface area contributed by atoms with Gasteiger partial charge in [0, 0.05) is 37.4 Å². The first kappa shape index (κ1) is 13.2. The van der Waals surface area contributed by atoms with Gasteiger partial charge in [-0.05, 0) is 36.6 Å². The van der Waals surface area contributed by atoms with Gasteiger partial charge in [0.15, 0.2) is 0 Å². The minimum absolute atomic E-state index is 0.726. The summed E-state index contributed by atoms with van der Waals surface area (Å²) in [5, 5.41) is 2.61. The van der Waals surface area contributed by atoms with E-state index < -0.39 is 0 Å². The number of aromatic nitrogens is 1. The maximum absolute atomic E-state index is 5.84. The van der Waals surface area contributed by atoms with Crippen molar-refractivity contribution < 1.29 is 0 Å². The van der Waals surface area contributed by atoms with Crippen LogP contribution in [0.5, 0.6) is 0 Å². The molecule has 0 radical (unpaired) electrons. The largest absolute Gasteiger partial charge is 0.360 e. The van der Waals surface area contributed by atoms with Gasteiger partial charge in [0.25, 0.3) is 0 Å². The van der Waals surface area contributed by atoms with E-state index in [1.165, 1.54) is 16.8 Å². The monoisotopic (exact) mass is 295 g/mol. The molecule has 102 valence electrons. The number of hydrogen-bond donors (Lipinski definition) is 0. The van der Waals surface area contributed by atoms with Gasteiger partial charge < -0.3 is 9.80 Å². The molecule has 2 heterocycles. The third-order valence-corrected chi connectivity index (χ3v) is 4.75. The number of anilines is 1. The third kappa shape index (κ3) is 2.86. The minimum Gasteiger partial charge on any atom is -0.360 e. The molecule has 1 saturated heterocycles. The second-order valence-corrected chi connectivity index (χ2v) is 6.01. The Morgan fingerprint density at radius 2 is 2.05 bits per heavy atom. The van der Waals surface area contributed by atoms with Crippen LogP contribution in [-0.2, 0) is 0 Å². The third-order valence-electron chi connectivity index (χ3n) is 3.64. The summed E-state index contributed by atoms with van der Waals surface area (Å²) in [5.41, 5.74) is 1.12. The molecule has 0 amide bonds. The molecule has 19 heavy (non-hydrogen) atoms. The zero-order valence-corrected chi connectivity index (χ0v) is 12.5. The molecule has 5 heteroatoms. The van der Waals surface area contributed by atoms with Crippen molar-refractivity contribution in [3.05, 3.63) is 24.3 Å². The molecule has 0 bridgehead atoms. The molecular formula is C14H18ClN3S. The van der Waals surface area contributed by atoms with Gasteiger partial charge in [-0.15, -0.1) is 11.6 Å². The minimum atomic E-state index is 0.726. The van der Waals surface area contributed by atoms with Gasteiger partial charge in [-0.3, -0.25) is 0 Å². The number of benzene rings is 1. The lowest BCUT2D eigenvalue weighted by Crippen LogP contribution is -2.31. The summed E-state index contributed by atoms with van der Waals surface area (Å²) < 4.78 is 4.55. The van der Waals surface area contributed by atoms with Crippen molar-refractivity contribution in [1.82, 2.24) is 9.27 Å². The molecule has 3 rings (SSSR count). The molecule has 1 aliphatic heterocycles. The van der Waals surface area contributed by atoms with Crippen LogP contribution in [0.4, 0.5) is 5.00 Å². The van der Waals surface area contributed by atoms with Gasteiger partial charge in [0.05, 0.1) is 5.52 Å². The quantitative estimate of drug-likeness (QED) is 0.812. The SMILES string of the molecule is ClCCN1CCCN(c2snc3ccccc23)CC1. The topological polar surface area (TPSA) is 19.4 Å². The number of halogens is 1. The lowest BCUT2D eigenvalue weighted by atomic mass is 10.2. The molecule has 2 aromatic rings. The van der Waals surface area contributed by atoms with Crippen LogP contribution in [0.3, 0.4) is 0 Å². The summed E-state index contributed by atoms with van der Waals surface area (Å²) in [6.07, 6.45) is 1.20. The Morgan fingerprint density at radius 3 is 2.95 bits per heavy atom. The van der Waals surface area contributed by atoms with Crippen molar-refractivity contribution in [2.24, 2.45) is 0 Å². The molecule has 0 N–H and O–H groups in total. The molecule has 0 saturated carbocycles. The van der Waals surface area contributed by atoms with Gasteiger partial charge in [-0.25, -0.2) is 0 Å². The Bertz CT molecular complexity index is 542. The summed E-state index contributed by atoms with van der Waals surface area (Å²) >= 11 is 7.46. The zero-order valence-electron chi connectivity index (χ0n) is 10.9. The number of rotatable bonds is 3. The lowest BCUT2D eigenvalue weighted by molar-refractivity contribution is 0.311. The molecule has 1 aliphatic rings. The van der Waals surface area contributed by atoms with Gasteiger partial charge in [-0.2, -0.15) is 4.37 Å². The van der Waals surface area contributed by atoms with Crippen LogP contribution in [0.2, 0.25) is 0 Å². The van der Waals surface area contributed by atoms with E-state index in [0.29, 0.717) is 0 Å². The van der Waals surface area contributed by atoms with Crippen LogP contribution >= 0.6 is 23.1 Å². The van der Waals surface area contributed by atoms with Crippen LogP contribution < -0.4 is 4.90 Å². The van der Waals surface area contributed by atoms with Crippen molar-refractivity contribution in [3.63, 3.8) is 0 Å². The Labute approximate surface area is 122 Å². The average Bonchev–Trinajstić information content (AvgIpc) is 2.73. The molecule has 0 spiro atoms. The van der Waals surface area contributed by atoms with E-state index in [-0.39, 0.29) is 0 Å². The maximum atomic E-state index is 5.84. The normalized spacial score (nSPS) is 17.8. The van der Waals surface area contributed by atoms with Gasteiger partial charge in [0.1, 0.15) is 5.00 Å². The zero-order chi connectivity index (χ0) is 13.1. The molecule has 0 unspecified atom stereocenters. The standard InChI is InChI=1S/C14H18ClN3S/c15-6-9-17-7-3-8-18(11-10-17)14-12-4-1-2-5-13(12)16-19-14/h1-2,4-5H,3,6-11H2. The Morgan fingerprint density at radius 1 is 1.16 bits per heavy atom. The average molecular weight is 296 g/mol. The first-order chi connectivity index (χ1) is 9.38. The van der Waals surface area contributed by atoms with Crippen molar-refractivity contribution >= 4 is 39.0 Å². The summed E-state index contributed by atoms with van der Waals surface area (Å²) in [5.74, 6) is 0.726. The van der Waals surface area contributed by atoms with Gasteiger partial charge in [0.2, 0.25) is 0 Å². The Balaban J connectivity index is 1.78. The van der Waals surface area contributed by atoms with Gasteiger partial charge in [-0.1, -0.05) is 12.1 Å². The smallest absolute Gasteiger partial charge is 0.120 e. The number of fused-ring (bicyclic) bond motifs is 1. The first-order valence-corrected chi connectivity index (χ1v) is 8.07. The number of hydrogen-bond acceptors (Lipinski definition) is 4. The fraction of sp³-hybridized carbons (Fsp3) is 0.500. The highest BCUT2D eigenvalue weighted by Crippen LogP contribution is 2.31. The van der Waals surface area contributed by atoms with Crippen LogP contribution in [0.15, 0.2) is 24.3 Å². The van der Waals surface area contributed by atoms with Crippen molar-refractivity contribution in [3.8, 4) is 0 Å². The number of alkyl halides is 1. The Kier molecular flexibility index (Phi) is 4.21. The predicted molar refractivity (Wildman–Crippen MR) is 83.6 cm³/mol. The fourth-order valence-electron chi connectivity index (χ4n) is 2.62. The maximum Gasteiger partial charge on any atom is 0.120 e. The number of nitrogens with zero attached hydrogens (tertiary/aromatic N) is 3. The fourth-order valence-corrected chi connectivity index (χ4v) is 3.77. The lowest BCUT2D eigenvalue weighted by Gasteiger charge is -2.21. The van der Waals surface area contributed by atoms with E-state index in [2.05, 4.69) is 38.4 Å². The van der Waals surface area contributed by atoms with Gasteiger partial charge >= 0.3 is 0 Å². The predicted octanol–water partition coefficient (Wildman–Crippen LogP) is 3.05. The van der Waals surface area contributed by atoms with E-state index in [1.807, 2.05) is 0 Å². The highest BCUT2D eigenvalue weighted by molar-refractivity contribution is 7.11. The van der Waals surface area contributed by atoms with E-state index in [9.17, 15) is 0 Å². The molecule has 1 fully saturated rings. The van der Waals surface area contributed by atoms with Crippen LogP contribution in [0.25, 0.3) is 10.9 Å². The summed E-state index contributed by atoms with van der Waals surface area (Å²) in [6.45, 7) is 5.44. The highest BCUT2D eigenvalue weighted by atomic mass is 35.5. The molecule has 3 nitrogen and oxygen atoms in total. The van der Waals surface area contributed by atoms with E-state index in [0.717, 1.165) is 44.1 Å². The van der Waals surface area contributed by atoms with E-state index >= 15 is 0 Å². The van der Waals surface area contributed by atoms with Crippen molar-refractivity contribution in [2.45, 2.75) is 6.42 Å². The van der Waals surface area contributed by atoms with Crippen LogP contribution in [0.1, 0.15) is 6.42 Å². The molecule has 0 atom stereocenters. The van der Waals surface area contributed by atoms with Crippen molar-refractivity contribution in [1.29, 1.82) is 0 Å². The van der Waals surface area contributed by atoms with Crippen LogP contribution in [-0.4, -0.2) is 47.9 Å². The summed E-state index contributed by atoms with van der Waals surface area (Å²) in [7, 11) is 0. The highest BCUT2D eigenvalue weighted by Gasteiger charge is 2.18. The van der Waals surface area contributed by atoms with E-state index in [4.69, 9.17) is 11.6 Å². The second kappa shape index (κ2) is 6.07. The Hall–Kier alpha value is -0.840. The van der Waals surface area contributed by atoms with Crippen LogP contribution in [0, 0.1) is 0 Å². The van der Waals surface area contributed by atoms with Crippen molar-refractivity contribution in [2.75, 3.05) is 43.5 Å².